The smallest absolute Gasteiger partial charge is 0.137 e. The van der Waals surface area contributed by atoms with Crippen LogP contribution in [0, 0.1) is 0 Å². The lowest BCUT2D eigenvalue weighted by Crippen LogP contribution is -2.21. The summed E-state index contributed by atoms with van der Waals surface area (Å²) < 4.78 is 5.10. The van der Waals surface area contributed by atoms with Gasteiger partial charge in [0.15, 0.2) is 0 Å². The van der Waals surface area contributed by atoms with Crippen molar-refractivity contribution in [3.05, 3.63) is 24.0 Å². The third-order valence-corrected chi connectivity index (χ3v) is 1.61. The van der Waals surface area contributed by atoms with Gasteiger partial charge in [0, 0.05) is 0 Å². The molecule has 0 radical (unpaired) electrons. The number of ether oxygens (including phenoxy) is 1. The monoisotopic (exact) mass is 199 g/mol. The number of aliphatic hydroxyl groups excluding tert-OH is 3. The first-order chi connectivity index (χ1) is 6.76. The molecule has 5 nitrogen and oxygen atoms in total. The van der Waals surface area contributed by atoms with E-state index in [1.54, 1.807) is 12.1 Å². The molecule has 78 valence electrons. The summed E-state index contributed by atoms with van der Waals surface area (Å²) in [6.45, 7) is -0.418. The molecular weight excluding hydrogens is 186 g/mol. The minimum atomic E-state index is -0.882. The molecule has 1 unspecified atom stereocenters. The van der Waals surface area contributed by atoms with Crippen LogP contribution in [0.25, 0.3) is 0 Å². The Labute approximate surface area is 81.6 Å². The standard InChI is InChI=1S/C9H13NO4/c11-4-7-1-2-9(3-10-7)14-6-8(13)5-12/h1-3,8,11-13H,4-6H2. The van der Waals surface area contributed by atoms with Gasteiger partial charge in [-0.25, -0.2) is 0 Å². The Balaban J connectivity index is 2.43. The van der Waals surface area contributed by atoms with Crippen LogP contribution >= 0.6 is 0 Å². The van der Waals surface area contributed by atoms with Crippen molar-refractivity contribution in [3.8, 4) is 5.75 Å². The fourth-order valence-electron chi connectivity index (χ4n) is 0.835. The van der Waals surface area contributed by atoms with Crippen molar-refractivity contribution in [3.63, 3.8) is 0 Å². The highest BCUT2D eigenvalue weighted by molar-refractivity contribution is 5.19. The number of aromatic nitrogens is 1. The number of rotatable bonds is 5. The van der Waals surface area contributed by atoms with Crippen molar-refractivity contribution in [1.82, 2.24) is 4.98 Å². The van der Waals surface area contributed by atoms with E-state index >= 15 is 0 Å². The first-order valence-corrected chi connectivity index (χ1v) is 4.23. The molecule has 1 aromatic heterocycles. The molecule has 0 fully saturated rings. The molecule has 5 heteroatoms. The van der Waals surface area contributed by atoms with Gasteiger partial charge in [0.25, 0.3) is 0 Å². The van der Waals surface area contributed by atoms with E-state index in [2.05, 4.69) is 4.98 Å². The van der Waals surface area contributed by atoms with E-state index in [4.69, 9.17) is 20.1 Å². The van der Waals surface area contributed by atoms with Gasteiger partial charge in [-0.3, -0.25) is 4.98 Å². The second kappa shape index (κ2) is 5.54. The maximum atomic E-state index is 8.98. The number of pyridine rings is 1. The highest BCUT2D eigenvalue weighted by atomic mass is 16.5. The van der Waals surface area contributed by atoms with Crippen LogP contribution in [0.3, 0.4) is 0 Å². The summed E-state index contributed by atoms with van der Waals surface area (Å²) in [6, 6.07) is 3.27. The Morgan fingerprint density at radius 1 is 1.36 bits per heavy atom. The van der Waals surface area contributed by atoms with Crippen LogP contribution in [0.2, 0.25) is 0 Å². The summed E-state index contributed by atoms with van der Waals surface area (Å²) in [6.07, 6.45) is 0.572. The average molecular weight is 199 g/mol. The summed E-state index contributed by atoms with van der Waals surface area (Å²) in [7, 11) is 0. The number of aliphatic hydroxyl groups is 3. The molecule has 0 amide bonds. The van der Waals surface area contributed by atoms with Gasteiger partial charge in [-0.05, 0) is 12.1 Å². The number of hydrogen-bond acceptors (Lipinski definition) is 5. The highest BCUT2D eigenvalue weighted by Crippen LogP contribution is 2.09. The third-order valence-electron chi connectivity index (χ3n) is 1.61. The maximum absolute atomic E-state index is 8.98. The van der Waals surface area contributed by atoms with Gasteiger partial charge in [0.05, 0.1) is 25.1 Å². The van der Waals surface area contributed by atoms with Crippen molar-refractivity contribution in [2.45, 2.75) is 12.7 Å². The molecule has 0 aliphatic carbocycles. The molecule has 1 atom stereocenters. The van der Waals surface area contributed by atoms with Crippen LogP contribution in [-0.4, -0.2) is 39.6 Å². The fraction of sp³-hybridized carbons (Fsp3) is 0.444. The van der Waals surface area contributed by atoms with Gasteiger partial charge in [-0.1, -0.05) is 0 Å². The van der Waals surface area contributed by atoms with Crippen LogP contribution in [-0.2, 0) is 6.61 Å². The van der Waals surface area contributed by atoms with Crippen LogP contribution in [0.15, 0.2) is 18.3 Å². The van der Waals surface area contributed by atoms with Crippen molar-refractivity contribution in [2.24, 2.45) is 0 Å². The number of nitrogens with zero attached hydrogens (tertiary/aromatic N) is 1. The molecule has 0 spiro atoms. The predicted octanol–water partition coefficient (Wildman–Crippen LogP) is -0.694. The van der Waals surface area contributed by atoms with E-state index in [0.29, 0.717) is 11.4 Å². The highest BCUT2D eigenvalue weighted by Gasteiger charge is 2.02. The summed E-state index contributed by atoms with van der Waals surface area (Å²) in [5, 5.41) is 26.2. The zero-order chi connectivity index (χ0) is 10.4. The summed E-state index contributed by atoms with van der Waals surface area (Å²) in [5.41, 5.74) is 0.556. The predicted molar refractivity (Wildman–Crippen MR) is 48.7 cm³/mol. The number of hydrogen-bond donors (Lipinski definition) is 3. The summed E-state index contributed by atoms with van der Waals surface area (Å²) >= 11 is 0. The topological polar surface area (TPSA) is 82.8 Å². The largest absolute Gasteiger partial charge is 0.489 e. The maximum Gasteiger partial charge on any atom is 0.137 e. The molecule has 0 bridgehead atoms. The summed E-state index contributed by atoms with van der Waals surface area (Å²) in [5.74, 6) is 0.495. The van der Waals surface area contributed by atoms with E-state index in [9.17, 15) is 0 Å². The second-order valence-electron chi connectivity index (χ2n) is 2.79. The average Bonchev–Trinajstić information content (AvgIpc) is 2.26. The Morgan fingerprint density at radius 3 is 2.64 bits per heavy atom. The quantitative estimate of drug-likeness (QED) is 0.584. The van der Waals surface area contributed by atoms with Crippen molar-refractivity contribution < 1.29 is 20.1 Å². The Bertz CT molecular complexity index is 262. The molecule has 0 aliphatic heterocycles. The molecule has 0 aromatic carbocycles. The molecular formula is C9H13NO4. The molecule has 3 N–H and O–H groups in total. The van der Waals surface area contributed by atoms with Gasteiger partial charge in [-0.2, -0.15) is 0 Å². The Kier molecular flexibility index (Phi) is 4.31. The Morgan fingerprint density at radius 2 is 2.14 bits per heavy atom. The summed E-state index contributed by atoms with van der Waals surface area (Å²) in [4.78, 5) is 3.88. The Hall–Kier alpha value is -1.17. The van der Waals surface area contributed by atoms with Gasteiger partial charge in [-0.15, -0.1) is 0 Å². The SMILES string of the molecule is OCc1ccc(OCC(O)CO)cn1. The van der Waals surface area contributed by atoms with E-state index in [-0.39, 0.29) is 19.8 Å². The van der Waals surface area contributed by atoms with Gasteiger partial charge in [0.1, 0.15) is 18.5 Å². The van der Waals surface area contributed by atoms with E-state index in [1.807, 2.05) is 0 Å². The van der Waals surface area contributed by atoms with Crippen LogP contribution in [0.1, 0.15) is 5.69 Å². The molecule has 0 aliphatic rings. The second-order valence-corrected chi connectivity index (χ2v) is 2.79. The van der Waals surface area contributed by atoms with Crippen LogP contribution < -0.4 is 4.74 Å². The van der Waals surface area contributed by atoms with Crippen molar-refractivity contribution >= 4 is 0 Å². The van der Waals surface area contributed by atoms with E-state index < -0.39 is 6.10 Å². The zero-order valence-corrected chi connectivity index (χ0v) is 7.63. The minimum absolute atomic E-state index is 0.0245. The van der Waals surface area contributed by atoms with Crippen molar-refractivity contribution in [2.75, 3.05) is 13.2 Å². The lowest BCUT2D eigenvalue weighted by Gasteiger charge is -2.09. The van der Waals surface area contributed by atoms with E-state index in [0.717, 1.165) is 0 Å². The lowest BCUT2D eigenvalue weighted by molar-refractivity contribution is 0.0534. The van der Waals surface area contributed by atoms with Crippen LogP contribution in [0.4, 0.5) is 0 Å². The zero-order valence-electron chi connectivity index (χ0n) is 7.63. The molecule has 14 heavy (non-hydrogen) atoms. The molecule has 0 saturated heterocycles. The lowest BCUT2D eigenvalue weighted by atomic mass is 10.3. The van der Waals surface area contributed by atoms with Crippen molar-refractivity contribution in [1.29, 1.82) is 0 Å². The molecule has 1 rings (SSSR count). The first-order valence-electron chi connectivity index (χ1n) is 4.23. The van der Waals surface area contributed by atoms with Gasteiger partial charge in [0.2, 0.25) is 0 Å². The van der Waals surface area contributed by atoms with E-state index in [1.165, 1.54) is 6.20 Å². The molecule has 0 saturated carbocycles. The normalized spacial score (nSPS) is 12.5. The third kappa shape index (κ3) is 3.29. The molecule has 1 aromatic rings. The molecule has 1 heterocycles. The van der Waals surface area contributed by atoms with Gasteiger partial charge >= 0.3 is 0 Å². The van der Waals surface area contributed by atoms with Gasteiger partial charge < -0.3 is 20.1 Å². The fourth-order valence-corrected chi connectivity index (χ4v) is 0.835. The van der Waals surface area contributed by atoms with Crippen LogP contribution in [0.5, 0.6) is 5.75 Å². The first kappa shape index (κ1) is 10.9. The minimum Gasteiger partial charge on any atom is -0.489 e.